The van der Waals surface area contributed by atoms with Gasteiger partial charge >= 0.3 is 0 Å². The van der Waals surface area contributed by atoms with E-state index in [9.17, 15) is 0 Å². The summed E-state index contributed by atoms with van der Waals surface area (Å²) in [6.07, 6.45) is 6.94. The van der Waals surface area contributed by atoms with Crippen LogP contribution in [0.1, 0.15) is 39.0 Å². The summed E-state index contributed by atoms with van der Waals surface area (Å²) in [4.78, 5) is 0. The highest BCUT2D eigenvalue weighted by Crippen LogP contribution is 2.54. The van der Waals surface area contributed by atoms with Crippen LogP contribution in [0.25, 0.3) is 0 Å². The van der Waals surface area contributed by atoms with E-state index in [1.807, 2.05) is 0 Å². The second-order valence-corrected chi connectivity index (χ2v) is 5.46. The van der Waals surface area contributed by atoms with E-state index in [0.717, 1.165) is 19.6 Å². The van der Waals surface area contributed by atoms with Gasteiger partial charge in [-0.25, -0.2) is 0 Å². The molecule has 0 amide bonds. The number of nitrogens with one attached hydrogen (secondary N) is 1. The first-order valence-corrected chi connectivity index (χ1v) is 7.37. The van der Waals surface area contributed by atoms with Crippen molar-refractivity contribution >= 4 is 0 Å². The molecule has 2 saturated carbocycles. The second-order valence-electron chi connectivity index (χ2n) is 5.46. The first-order chi connectivity index (χ1) is 8.83. The molecule has 0 saturated heterocycles. The fraction of sp³-hybridized carbons (Fsp3) is 1.00. The van der Waals surface area contributed by atoms with Crippen LogP contribution in [-0.4, -0.2) is 50.2 Å². The van der Waals surface area contributed by atoms with Crippen molar-refractivity contribution in [2.24, 2.45) is 5.41 Å². The van der Waals surface area contributed by atoms with Crippen molar-refractivity contribution in [2.45, 2.75) is 51.2 Å². The first kappa shape index (κ1) is 14.3. The first-order valence-electron chi connectivity index (χ1n) is 7.37. The van der Waals surface area contributed by atoms with E-state index >= 15 is 0 Å². The van der Waals surface area contributed by atoms with Crippen molar-refractivity contribution in [2.75, 3.05) is 33.0 Å². The van der Waals surface area contributed by atoms with E-state index in [1.165, 1.54) is 25.7 Å². The minimum Gasteiger partial charge on any atom is -0.394 e. The average Bonchev–Trinajstić information content (AvgIpc) is 2.88. The highest BCUT2D eigenvalue weighted by Gasteiger charge is 2.56. The lowest BCUT2D eigenvalue weighted by atomic mass is 9.60. The largest absolute Gasteiger partial charge is 0.394 e. The monoisotopic (exact) mass is 257 g/mol. The van der Waals surface area contributed by atoms with Crippen LogP contribution in [-0.2, 0) is 9.47 Å². The van der Waals surface area contributed by atoms with Crippen LogP contribution >= 0.6 is 0 Å². The standard InChI is InChI=1S/C14H27NO3/c1-2-18-13-11-12(14(13)5-3-4-6-14)15-7-9-17-10-8-16/h12-13,15-16H,2-11H2,1H3. The highest BCUT2D eigenvalue weighted by atomic mass is 16.5. The van der Waals surface area contributed by atoms with Gasteiger partial charge in [0.05, 0.1) is 25.9 Å². The molecule has 1 spiro atoms. The number of aliphatic hydroxyl groups is 1. The molecular weight excluding hydrogens is 230 g/mol. The molecule has 0 aromatic heterocycles. The maximum atomic E-state index is 8.63. The van der Waals surface area contributed by atoms with Gasteiger partial charge in [0, 0.05) is 24.6 Å². The highest BCUT2D eigenvalue weighted by molar-refractivity contribution is 5.09. The van der Waals surface area contributed by atoms with Gasteiger partial charge in [-0.05, 0) is 26.2 Å². The van der Waals surface area contributed by atoms with Gasteiger partial charge in [0.2, 0.25) is 0 Å². The molecule has 0 heterocycles. The molecule has 2 aliphatic carbocycles. The summed E-state index contributed by atoms with van der Waals surface area (Å²) in [6, 6.07) is 0.606. The fourth-order valence-corrected chi connectivity index (χ4v) is 3.64. The van der Waals surface area contributed by atoms with Gasteiger partial charge in [-0.1, -0.05) is 12.8 Å². The van der Waals surface area contributed by atoms with Crippen LogP contribution in [0.2, 0.25) is 0 Å². The molecule has 0 bridgehead atoms. The van der Waals surface area contributed by atoms with Crippen LogP contribution in [0.5, 0.6) is 0 Å². The molecule has 0 aliphatic heterocycles. The van der Waals surface area contributed by atoms with Crippen molar-refractivity contribution in [3.8, 4) is 0 Å². The molecule has 2 fully saturated rings. The lowest BCUT2D eigenvalue weighted by molar-refractivity contribution is -0.131. The SMILES string of the molecule is CCOC1CC(NCCOCCO)C12CCCC2. The Kier molecular flexibility index (Phi) is 5.42. The third-order valence-electron chi connectivity index (χ3n) is 4.56. The quantitative estimate of drug-likeness (QED) is 0.644. The van der Waals surface area contributed by atoms with Crippen molar-refractivity contribution in [1.82, 2.24) is 5.32 Å². The maximum Gasteiger partial charge on any atom is 0.0698 e. The van der Waals surface area contributed by atoms with E-state index < -0.39 is 0 Å². The molecule has 2 aliphatic rings. The van der Waals surface area contributed by atoms with Gasteiger partial charge in [-0.15, -0.1) is 0 Å². The summed E-state index contributed by atoms with van der Waals surface area (Å²) >= 11 is 0. The minimum atomic E-state index is 0.111. The molecule has 0 radical (unpaired) electrons. The Morgan fingerprint density at radius 3 is 2.72 bits per heavy atom. The zero-order valence-corrected chi connectivity index (χ0v) is 11.5. The smallest absolute Gasteiger partial charge is 0.0698 e. The molecule has 106 valence electrons. The van der Waals surface area contributed by atoms with Crippen molar-refractivity contribution in [3.63, 3.8) is 0 Å². The molecule has 2 unspecified atom stereocenters. The summed E-state index contributed by atoms with van der Waals surface area (Å²) in [7, 11) is 0. The molecule has 2 rings (SSSR count). The van der Waals surface area contributed by atoms with Crippen LogP contribution in [0.3, 0.4) is 0 Å². The molecule has 4 heteroatoms. The van der Waals surface area contributed by atoms with Gasteiger partial charge < -0.3 is 19.9 Å². The average molecular weight is 257 g/mol. The third kappa shape index (κ3) is 2.87. The Morgan fingerprint density at radius 1 is 1.28 bits per heavy atom. The summed E-state index contributed by atoms with van der Waals surface area (Å²) in [6.45, 7) is 5.04. The van der Waals surface area contributed by atoms with Crippen LogP contribution < -0.4 is 5.32 Å². The summed E-state index contributed by atoms with van der Waals surface area (Å²) in [5.74, 6) is 0. The number of ether oxygens (including phenoxy) is 2. The maximum absolute atomic E-state index is 8.63. The van der Waals surface area contributed by atoms with E-state index in [2.05, 4.69) is 12.2 Å². The van der Waals surface area contributed by atoms with Gasteiger partial charge in [0.25, 0.3) is 0 Å². The normalized spacial score (nSPS) is 29.7. The zero-order chi connectivity index (χ0) is 12.8. The van der Waals surface area contributed by atoms with Gasteiger partial charge in [-0.3, -0.25) is 0 Å². The fourth-order valence-electron chi connectivity index (χ4n) is 3.64. The number of hydrogen-bond acceptors (Lipinski definition) is 4. The van der Waals surface area contributed by atoms with E-state index in [4.69, 9.17) is 14.6 Å². The topological polar surface area (TPSA) is 50.7 Å². The van der Waals surface area contributed by atoms with Crippen molar-refractivity contribution in [3.05, 3.63) is 0 Å². The van der Waals surface area contributed by atoms with Gasteiger partial charge in [0.15, 0.2) is 0 Å². The number of rotatable bonds is 8. The van der Waals surface area contributed by atoms with Gasteiger partial charge in [0.1, 0.15) is 0 Å². The predicted molar refractivity (Wildman–Crippen MR) is 70.6 cm³/mol. The number of aliphatic hydroxyl groups excluding tert-OH is 1. The van der Waals surface area contributed by atoms with Crippen LogP contribution in [0, 0.1) is 5.41 Å². The molecule has 18 heavy (non-hydrogen) atoms. The Labute approximate surface area is 110 Å². The van der Waals surface area contributed by atoms with Crippen molar-refractivity contribution < 1.29 is 14.6 Å². The lowest BCUT2D eigenvalue weighted by Crippen LogP contribution is -2.63. The second kappa shape index (κ2) is 6.85. The van der Waals surface area contributed by atoms with E-state index in [0.29, 0.717) is 30.8 Å². The van der Waals surface area contributed by atoms with Crippen molar-refractivity contribution in [1.29, 1.82) is 0 Å². The zero-order valence-electron chi connectivity index (χ0n) is 11.5. The Bertz CT molecular complexity index is 241. The minimum absolute atomic E-state index is 0.111. The molecule has 0 aromatic carbocycles. The Morgan fingerprint density at radius 2 is 2.06 bits per heavy atom. The molecule has 2 N–H and O–H groups in total. The predicted octanol–water partition coefficient (Wildman–Crippen LogP) is 1.32. The van der Waals surface area contributed by atoms with E-state index in [1.54, 1.807) is 0 Å². The molecule has 4 nitrogen and oxygen atoms in total. The molecule has 2 atom stereocenters. The third-order valence-corrected chi connectivity index (χ3v) is 4.56. The molecular formula is C14H27NO3. The summed E-state index contributed by atoms with van der Waals surface area (Å²) < 4.78 is 11.2. The summed E-state index contributed by atoms with van der Waals surface area (Å²) in [5.41, 5.74) is 0.410. The van der Waals surface area contributed by atoms with E-state index in [-0.39, 0.29) is 6.61 Å². The summed E-state index contributed by atoms with van der Waals surface area (Å²) in [5, 5.41) is 12.2. The Hall–Kier alpha value is -0.160. The number of hydrogen-bond donors (Lipinski definition) is 2. The molecule has 0 aromatic rings. The van der Waals surface area contributed by atoms with Gasteiger partial charge in [-0.2, -0.15) is 0 Å². The Balaban J connectivity index is 1.72. The lowest BCUT2D eigenvalue weighted by Gasteiger charge is -2.54. The van der Waals surface area contributed by atoms with Crippen LogP contribution in [0.4, 0.5) is 0 Å². The van der Waals surface area contributed by atoms with Crippen LogP contribution in [0.15, 0.2) is 0 Å².